The minimum Gasteiger partial charge on any atom is -0.368 e. The van der Waals surface area contributed by atoms with Crippen LogP contribution in [0.5, 0.6) is 0 Å². The molecule has 0 saturated heterocycles. The maximum absolute atomic E-state index is 11.1. The number of carbonyl (C=O) groups excluding carboxylic acids is 1. The van der Waals surface area contributed by atoms with Gasteiger partial charge in [0.15, 0.2) is 0 Å². The second kappa shape index (κ2) is 5.53. The van der Waals surface area contributed by atoms with Gasteiger partial charge in [-0.1, -0.05) is 44.8 Å². The van der Waals surface area contributed by atoms with Gasteiger partial charge in [-0.3, -0.25) is 4.79 Å². The molecule has 14 heavy (non-hydrogen) atoms. The standard InChI is InChI=1S/C8H17N3OS2/c1-8(2,3)5(6(9)12)10-11-7(13)14-4/h5,10H,1-4H3,(H2,9,12)(H,11,13). The Labute approximate surface area is 94.3 Å². The van der Waals surface area contributed by atoms with E-state index in [9.17, 15) is 4.79 Å². The Hall–Kier alpha value is -0.330. The molecule has 0 aromatic heterocycles. The first-order valence-corrected chi connectivity index (χ1v) is 5.81. The second-order valence-electron chi connectivity index (χ2n) is 3.96. The van der Waals surface area contributed by atoms with Gasteiger partial charge in [-0.25, -0.2) is 5.43 Å². The fraction of sp³-hybridized carbons (Fsp3) is 0.750. The highest BCUT2D eigenvalue weighted by Crippen LogP contribution is 2.18. The summed E-state index contributed by atoms with van der Waals surface area (Å²) in [6.45, 7) is 5.79. The topological polar surface area (TPSA) is 67.2 Å². The van der Waals surface area contributed by atoms with Crippen LogP contribution in [0.1, 0.15) is 20.8 Å². The van der Waals surface area contributed by atoms with Crippen LogP contribution < -0.4 is 16.6 Å². The molecule has 0 aromatic rings. The summed E-state index contributed by atoms with van der Waals surface area (Å²) in [5.41, 5.74) is 10.6. The van der Waals surface area contributed by atoms with Gasteiger partial charge in [0, 0.05) is 0 Å². The molecule has 0 aliphatic heterocycles. The van der Waals surface area contributed by atoms with Crippen LogP contribution in [0.4, 0.5) is 0 Å². The average molecular weight is 235 g/mol. The summed E-state index contributed by atoms with van der Waals surface area (Å²) in [5.74, 6) is -0.395. The van der Waals surface area contributed by atoms with Crippen molar-refractivity contribution in [2.45, 2.75) is 26.8 Å². The number of thiocarbonyl (C=S) groups is 1. The first-order chi connectivity index (χ1) is 6.29. The molecule has 0 heterocycles. The zero-order valence-electron chi connectivity index (χ0n) is 8.88. The number of nitrogens with one attached hydrogen (secondary N) is 2. The third kappa shape index (κ3) is 4.78. The molecule has 1 atom stereocenters. The zero-order chi connectivity index (χ0) is 11.4. The fourth-order valence-corrected chi connectivity index (χ4v) is 1.12. The summed E-state index contributed by atoms with van der Waals surface area (Å²) in [6.07, 6.45) is 1.85. The molecular weight excluding hydrogens is 218 g/mol. The quantitative estimate of drug-likeness (QED) is 0.494. The molecule has 0 radical (unpaired) electrons. The van der Waals surface area contributed by atoms with Crippen LogP contribution in [0.3, 0.4) is 0 Å². The van der Waals surface area contributed by atoms with E-state index in [1.54, 1.807) is 0 Å². The van der Waals surface area contributed by atoms with Crippen molar-refractivity contribution in [3.63, 3.8) is 0 Å². The molecule has 0 fully saturated rings. The molecule has 0 spiro atoms. The summed E-state index contributed by atoms with van der Waals surface area (Å²) in [4.78, 5) is 11.1. The Balaban J connectivity index is 4.26. The van der Waals surface area contributed by atoms with Gasteiger partial charge in [-0.15, -0.1) is 0 Å². The summed E-state index contributed by atoms with van der Waals surface area (Å²) in [6, 6.07) is -0.451. The minimum absolute atomic E-state index is 0.243. The second-order valence-corrected chi connectivity index (χ2v) is 5.45. The van der Waals surface area contributed by atoms with Crippen molar-refractivity contribution in [1.29, 1.82) is 0 Å². The lowest BCUT2D eigenvalue weighted by molar-refractivity contribution is -0.122. The number of nitrogens with two attached hydrogens (primary N) is 1. The Morgan fingerprint density at radius 2 is 2.00 bits per heavy atom. The maximum atomic E-state index is 11.1. The predicted octanol–water partition coefficient (Wildman–Crippen LogP) is 0.628. The van der Waals surface area contributed by atoms with Crippen LogP contribution >= 0.6 is 24.0 Å². The van der Waals surface area contributed by atoms with E-state index in [1.165, 1.54) is 11.8 Å². The van der Waals surface area contributed by atoms with E-state index in [0.29, 0.717) is 4.32 Å². The number of thioether (sulfide) groups is 1. The lowest BCUT2D eigenvalue weighted by Crippen LogP contribution is -2.55. The van der Waals surface area contributed by atoms with Crippen molar-refractivity contribution in [2.24, 2.45) is 11.1 Å². The number of primary amides is 1. The van der Waals surface area contributed by atoms with E-state index in [2.05, 4.69) is 10.9 Å². The van der Waals surface area contributed by atoms with Crippen LogP contribution in [-0.2, 0) is 4.79 Å². The molecular formula is C8H17N3OS2. The maximum Gasteiger partial charge on any atom is 0.236 e. The van der Waals surface area contributed by atoms with Crippen molar-refractivity contribution in [3.05, 3.63) is 0 Å². The van der Waals surface area contributed by atoms with Gasteiger partial charge in [0.2, 0.25) is 5.91 Å². The smallest absolute Gasteiger partial charge is 0.236 e. The van der Waals surface area contributed by atoms with Crippen LogP contribution in [0.2, 0.25) is 0 Å². The molecule has 4 N–H and O–H groups in total. The highest BCUT2D eigenvalue weighted by atomic mass is 32.2. The third-order valence-electron chi connectivity index (χ3n) is 1.65. The summed E-state index contributed by atoms with van der Waals surface area (Å²) < 4.78 is 0.584. The Kier molecular flexibility index (Phi) is 5.40. The molecule has 4 nitrogen and oxygen atoms in total. The highest BCUT2D eigenvalue weighted by molar-refractivity contribution is 8.22. The number of amides is 1. The van der Waals surface area contributed by atoms with Gasteiger partial charge >= 0.3 is 0 Å². The fourth-order valence-electron chi connectivity index (χ4n) is 0.897. The molecule has 6 heteroatoms. The molecule has 1 unspecified atom stereocenters. The third-order valence-corrected chi connectivity index (χ3v) is 2.73. The molecule has 0 rings (SSSR count). The van der Waals surface area contributed by atoms with Gasteiger partial charge in [-0.05, 0) is 11.7 Å². The predicted molar refractivity (Wildman–Crippen MR) is 64.8 cm³/mol. The van der Waals surface area contributed by atoms with Gasteiger partial charge in [0.25, 0.3) is 0 Å². The summed E-state index contributed by atoms with van der Waals surface area (Å²) >= 11 is 6.32. The first kappa shape index (κ1) is 13.7. The van der Waals surface area contributed by atoms with E-state index in [-0.39, 0.29) is 5.41 Å². The molecule has 0 aliphatic rings. The number of hydrogen-bond acceptors (Lipinski definition) is 4. The van der Waals surface area contributed by atoms with Crippen LogP contribution in [0, 0.1) is 5.41 Å². The normalized spacial score (nSPS) is 13.4. The van der Waals surface area contributed by atoms with Gasteiger partial charge < -0.3 is 11.2 Å². The Morgan fingerprint density at radius 1 is 1.50 bits per heavy atom. The lowest BCUT2D eigenvalue weighted by atomic mass is 9.87. The molecule has 0 saturated carbocycles. The van der Waals surface area contributed by atoms with E-state index < -0.39 is 11.9 Å². The van der Waals surface area contributed by atoms with Crippen molar-refractivity contribution in [2.75, 3.05) is 6.26 Å². The molecule has 1 amide bonds. The minimum atomic E-state index is -0.451. The van der Waals surface area contributed by atoms with Crippen LogP contribution in [-0.4, -0.2) is 22.5 Å². The van der Waals surface area contributed by atoms with E-state index in [1.807, 2.05) is 27.0 Å². The first-order valence-electron chi connectivity index (χ1n) is 4.18. The largest absolute Gasteiger partial charge is 0.368 e. The van der Waals surface area contributed by atoms with Crippen molar-refractivity contribution >= 4 is 34.2 Å². The van der Waals surface area contributed by atoms with Crippen molar-refractivity contribution in [1.82, 2.24) is 10.9 Å². The van der Waals surface area contributed by atoms with Gasteiger partial charge in [-0.2, -0.15) is 0 Å². The highest BCUT2D eigenvalue weighted by Gasteiger charge is 2.29. The monoisotopic (exact) mass is 235 g/mol. The number of carbonyl (C=O) groups is 1. The van der Waals surface area contributed by atoms with Gasteiger partial charge in [0.05, 0.1) is 0 Å². The summed E-state index contributed by atoms with van der Waals surface area (Å²) in [7, 11) is 0. The van der Waals surface area contributed by atoms with E-state index in [4.69, 9.17) is 18.0 Å². The van der Waals surface area contributed by atoms with E-state index >= 15 is 0 Å². The van der Waals surface area contributed by atoms with Gasteiger partial charge in [0.1, 0.15) is 10.4 Å². The van der Waals surface area contributed by atoms with Crippen molar-refractivity contribution in [3.8, 4) is 0 Å². The summed E-state index contributed by atoms with van der Waals surface area (Å²) in [5, 5.41) is 0. The molecule has 82 valence electrons. The Bertz CT molecular complexity index is 225. The van der Waals surface area contributed by atoms with Crippen molar-refractivity contribution < 1.29 is 4.79 Å². The van der Waals surface area contributed by atoms with Crippen LogP contribution in [0.25, 0.3) is 0 Å². The number of hydrazine groups is 1. The SMILES string of the molecule is CSC(=S)NNC(C(N)=O)C(C)(C)C. The molecule has 0 aliphatic carbocycles. The average Bonchev–Trinajstić information content (AvgIpc) is 2.01. The zero-order valence-corrected chi connectivity index (χ0v) is 10.5. The van der Waals surface area contributed by atoms with Crippen LogP contribution in [0.15, 0.2) is 0 Å². The van der Waals surface area contributed by atoms with E-state index in [0.717, 1.165) is 0 Å². The molecule has 0 bridgehead atoms. The number of hydrogen-bond donors (Lipinski definition) is 3. The molecule has 0 aromatic carbocycles. The number of rotatable bonds is 3. The lowest BCUT2D eigenvalue weighted by Gasteiger charge is -2.29. The Morgan fingerprint density at radius 3 is 2.29 bits per heavy atom.